The first kappa shape index (κ1) is 17.4. The molecule has 25 heavy (non-hydrogen) atoms. The van der Waals surface area contributed by atoms with Gasteiger partial charge in [-0.05, 0) is 25.5 Å². The first-order chi connectivity index (χ1) is 12.0. The highest BCUT2D eigenvalue weighted by Gasteiger charge is 2.30. The minimum Gasteiger partial charge on any atom is -0.468 e. The number of hydrogen-bond acceptors (Lipinski definition) is 6. The van der Waals surface area contributed by atoms with Gasteiger partial charge in [0.15, 0.2) is 0 Å². The number of esters is 1. The lowest BCUT2D eigenvalue weighted by Gasteiger charge is -2.20. The van der Waals surface area contributed by atoms with Gasteiger partial charge in [0.2, 0.25) is 5.16 Å². The van der Waals surface area contributed by atoms with E-state index in [-0.39, 0.29) is 11.9 Å². The van der Waals surface area contributed by atoms with Gasteiger partial charge in [-0.1, -0.05) is 49.0 Å². The maximum atomic E-state index is 12.3. The third-order valence-electron chi connectivity index (χ3n) is 4.04. The largest absolute Gasteiger partial charge is 0.468 e. The third kappa shape index (κ3) is 3.66. The van der Waals surface area contributed by atoms with E-state index in [0.717, 1.165) is 17.0 Å². The van der Waals surface area contributed by atoms with E-state index in [0.29, 0.717) is 10.9 Å². The van der Waals surface area contributed by atoms with Crippen LogP contribution in [0.15, 0.2) is 41.6 Å². The van der Waals surface area contributed by atoms with Gasteiger partial charge in [0, 0.05) is 17.3 Å². The van der Waals surface area contributed by atoms with Crippen LogP contribution in [-0.2, 0) is 9.53 Å². The van der Waals surface area contributed by atoms with Crippen molar-refractivity contribution in [3.63, 3.8) is 0 Å². The summed E-state index contributed by atoms with van der Waals surface area (Å²) >= 11 is 1.31. The first-order valence-corrected chi connectivity index (χ1v) is 8.88. The van der Waals surface area contributed by atoms with E-state index in [9.17, 15) is 4.79 Å². The van der Waals surface area contributed by atoms with Crippen molar-refractivity contribution >= 4 is 23.5 Å². The highest BCUT2D eigenvalue weighted by Crippen LogP contribution is 2.33. The molecule has 2 atom stereocenters. The molecule has 0 N–H and O–H groups in total. The Kier molecular flexibility index (Phi) is 5.03. The van der Waals surface area contributed by atoms with Crippen molar-refractivity contribution in [3.05, 3.63) is 53.3 Å². The van der Waals surface area contributed by atoms with Crippen molar-refractivity contribution in [2.24, 2.45) is 0 Å². The summed E-state index contributed by atoms with van der Waals surface area (Å²) in [6.45, 7) is 5.88. The molecule has 0 aliphatic carbocycles. The maximum Gasteiger partial charge on any atom is 0.319 e. The van der Waals surface area contributed by atoms with Gasteiger partial charge in [-0.15, -0.1) is 5.10 Å². The van der Waals surface area contributed by atoms with E-state index >= 15 is 0 Å². The Hall–Kier alpha value is -2.41. The Bertz CT molecular complexity index is 895. The second-order valence-electron chi connectivity index (χ2n) is 5.91. The topological polar surface area (TPSA) is 69.4 Å². The molecule has 130 valence electrons. The molecule has 0 radical (unpaired) electrons. The molecule has 2 aromatic heterocycles. The monoisotopic (exact) mass is 356 g/mol. The number of rotatable bonds is 5. The van der Waals surface area contributed by atoms with Gasteiger partial charge in [-0.2, -0.15) is 4.98 Å². The van der Waals surface area contributed by atoms with Crippen LogP contribution < -0.4 is 0 Å². The SMILES string of the molecule is COC(=O)[C@@H](Sc1nc2nc(C)cc(C)n2n1)[C@H](C)c1ccccc1. The van der Waals surface area contributed by atoms with Crippen molar-refractivity contribution in [2.75, 3.05) is 7.11 Å². The smallest absolute Gasteiger partial charge is 0.319 e. The quantitative estimate of drug-likeness (QED) is 0.517. The molecule has 2 heterocycles. The van der Waals surface area contributed by atoms with Gasteiger partial charge in [0.25, 0.3) is 5.78 Å². The standard InChI is InChI=1S/C18H20N4O2S/c1-11-10-12(2)22-17(19-11)20-18(21-22)25-15(16(23)24-4)13(3)14-8-6-5-7-9-14/h5-10,13,15H,1-4H3/t13-,15+/m1/s1. The van der Waals surface area contributed by atoms with Crippen molar-refractivity contribution in [1.29, 1.82) is 0 Å². The Morgan fingerprint density at radius 2 is 1.92 bits per heavy atom. The van der Waals surface area contributed by atoms with Crippen molar-refractivity contribution < 1.29 is 9.53 Å². The lowest BCUT2D eigenvalue weighted by atomic mass is 9.97. The minimum absolute atomic E-state index is 0.0407. The van der Waals surface area contributed by atoms with Crippen LogP contribution in [0.1, 0.15) is 29.8 Å². The summed E-state index contributed by atoms with van der Waals surface area (Å²) < 4.78 is 6.70. The summed E-state index contributed by atoms with van der Waals surface area (Å²) in [4.78, 5) is 21.2. The summed E-state index contributed by atoms with van der Waals surface area (Å²) in [5.74, 6) is 0.207. The maximum absolute atomic E-state index is 12.3. The highest BCUT2D eigenvalue weighted by molar-refractivity contribution is 8.00. The molecule has 0 unspecified atom stereocenters. The van der Waals surface area contributed by atoms with Gasteiger partial charge in [-0.25, -0.2) is 9.50 Å². The van der Waals surface area contributed by atoms with Gasteiger partial charge >= 0.3 is 5.97 Å². The van der Waals surface area contributed by atoms with E-state index in [1.165, 1.54) is 18.9 Å². The zero-order valence-corrected chi connectivity index (χ0v) is 15.4. The Labute approximate surface area is 150 Å². The fourth-order valence-corrected chi connectivity index (χ4v) is 3.76. The third-order valence-corrected chi connectivity index (χ3v) is 5.28. The zero-order chi connectivity index (χ0) is 18.0. The molecule has 0 amide bonds. The fourth-order valence-electron chi connectivity index (χ4n) is 2.71. The van der Waals surface area contributed by atoms with Gasteiger partial charge in [0.05, 0.1) is 7.11 Å². The minimum atomic E-state index is -0.439. The molecule has 0 fully saturated rings. The second-order valence-corrected chi connectivity index (χ2v) is 7.01. The molecular weight excluding hydrogens is 336 g/mol. The zero-order valence-electron chi connectivity index (χ0n) is 14.6. The predicted octanol–water partition coefficient (Wildman–Crippen LogP) is 3.18. The second kappa shape index (κ2) is 7.23. The van der Waals surface area contributed by atoms with Gasteiger partial charge in [0.1, 0.15) is 5.25 Å². The molecule has 0 spiro atoms. The van der Waals surface area contributed by atoms with Gasteiger partial charge in [-0.3, -0.25) is 4.79 Å². The Balaban J connectivity index is 1.93. The number of aromatic nitrogens is 4. The van der Waals surface area contributed by atoms with Crippen LogP contribution in [0.2, 0.25) is 0 Å². The first-order valence-electron chi connectivity index (χ1n) is 8.00. The predicted molar refractivity (Wildman–Crippen MR) is 96.8 cm³/mol. The van der Waals surface area contributed by atoms with E-state index < -0.39 is 5.25 Å². The van der Waals surface area contributed by atoms with Crippen LogP contribution in [0.3, 0.4) is 0 Å². The van der Waals surface area contributed by atoms with Crippen LogP contribution in [0.5, 0.6) is 0 Å². The Morgan fingerprint density at radius 1 is 1.20 bits per heavy atom. The molecule has 0 saturated carbocycles. The Morgan fingerprint density at radius 3 is 2.60 bits per heavy atom. The van der Waals surface area contributed by atoms with Crippen LogP contribution in [0, 0.1) is 13.8 Å². The molecule has 0 aliphatic rings. The highest BCUT2D eigenvalue weighted by atomic mass is 32.2. The summed E-state index contributed by atoms with van der Waals surface area (Å²) in [5, 5.41) is 4.56. The number of thioether (sulfide) groups is 1. The van der Waals surface area contributed by atoms with Crippen LogP contribution in [0.25, 0.3) is 5.78 Å². The number of aryl methyl sites for hydroxylation is 2. The van der Waals surface area contributed by atoms with Crippen molar-refractivity contribution in [2.45, 2.75) is 37.1 Å². The normalized spacial score (nSPS) is 13.6. The molecule has 6 nitrogen and oxygen atoms in total. The van der Waals surface area contributed by atoms with Crippen LogP contribution in [-0.4, -0.2) is 37.9 Å². The number of carbonyl (C=O) groups is 1. The number of ether oxygens (including phenoxy) is 1. The summed E-state index contributed by atoms with van der Waals surface area (Å²) in [6, 6.07) is 11.8. The molecular formula is C18H20N4O2S. The van der Waals surface area contributed by atoms with Gasteiger partial charge < -0.3 is 4.74 Å². The summed E-state index contributed by atoms with van der Waals surface area (Å²) in [6.07, 6.45) is 0. The molecule has 7 heteroatoms. The number of hydrogen-bond donors (Lipinski definition) is 0. The summed E-state index contributed by atoms with van der Waals surface area (Å²) in [7, 11) is 1.40. The summed E-state index contributed by atoms with van der Waals surface area (Å²) in [5.41, 5.74) is 2.91. The number of nitrogens with zero attached hydrogens (tertiary/aromatic N) is 4. The number of methoxy groups -OCH3 is 1. The molecule has 1 aromatic carbocycles. The van der Waals surface area contributed by atoms with E-state index in [4.69, 9.17) is 4.74 Å². The molecule has 3 aromatic rings. The fraction of sp³-hybridized carbons (Fsp3) is 0.333. The lowest BCUT2D eigenvalue weighted by Crippen LogP contribution is -2.25. The number of benzene rings is 1. The number of fused-ring (bicyclic) bond motifs is 1. The average Bonchev–Trinajstić information content (AvgIpc) is 3.02. The van der Waals surface area contributed by atoms with Crippen LogP contribution in [0.4, 0.5) is 0 Å². The van der Waals surface area contributed by atoms with Crippen molar-refractivity contribution in [3.8, 4) is 0 Å². The number of carbonyl (C=O) groups excluding carboxylic acids is 1. The molecule has 0 bridgehead atoms. The average molecular weight is 356 g/mol. The van der Waals surface area contributed by atoms with E-state index in [1.54, 1.807) is 4.52 Å². The lowest BCUT2D eigenvalue weighted by molar-refractivity contribution is -0.140. The molecule has 3 rings (SSSR count). The van der Waals surface area contributed by atoms with Crippen molar-refractivity contribution in [1.82, 2.24) is 19.6 Å². The molecule has 0 aliphatic heterocycles. The van der Waals surface area contributed by atoms with Crippen LogP contribution >= 0.6 is 11.8 Å². The van der Waals surface area contributed by atoms with E-state index in [1.807, 2.05) is 57.2 Å². The molecule has 0 saturated heterocycles. The van der Waals surface area contributed by atoms with E-state index in [2.05, 4.69) is 15.1 Å².